The first-order valence-corrected chi connectivity index (χ1v) is 6.33. The molecule has 0 aliphatic heterocycles. The maximum atomic E-state index is 5.22. The van der Waals surface area contributed by atoms with E-state index in [-0.39, 0.29) is 0 Å². The Labute approximate surface area is 122 Å². The molecule has 0 bridgehead atoms. The minimum absolute atomic E-state index is 0.384. The third-order valence-electron chi connectivity index (χ3n) is 2.42. The van der Waals surface area contributed by atoms with Gasteiger partial charge in [-0.05, 0) is 30.4 Å². The highest BCUT2D eigenvalue weighted by Gasteiger charge is 2.02. The fourth-order valence-electron chi connectivity index (χ4n) is 1.52. The average Bonchev–Trinajstić information content (AvgIpc) is 2.49. The van der Waals surface area contributed by atoms with Crippen molar-refractivity contribution in [3.05, 3.63) is 54.4 Å². The van der Waals surface area contributed by atoms with Crippen LogP contribution in [0.1, 0.15) is 5.56 Å². The van der Waals surface area contributed by atoms with Crippen molar-refractivity contribution in [1.29, 1.82) is 0 Å². The standard InChI is InChI=1S/C14H14N4OS/c1-19-13-7-3-2-6-12(13)17-14(20)18-16-10-11-5-4-8-15-9-11/h2-10H,1H3,(H2,17,18,20). The van der Waals surface area contributed by atoms with E-state index in [0.29, 0.717) is 10.9 Å². The molecule has 0 aliphatic rings. The first-order valence-electron chi connectivity index (χ1n) is 5.92. The lowest BCUT2D eigenvalue weighted by molar-refractivity contribution is 0.417. The third-order valence-corrected chi connectivity index (χ3v) is 2.61. The Hall–Kier alpha value is -2.47. The zero-order valence-electron chi connectivity index (χ0n) is 10.9. The van der Waals surface area contributed by atoms with Gasteiger partial charge in [-0.15, -0.1) is 0 Å². The Morgan fingerprint density at radius 3 is 2.90 bits per heavy atom. The van der Waals surface area contributed by atoms with Gasteiger partial charge >= 0.3 is 0 Å². The van der Waals surface area contributed by atoms with Gasteiger partial charge in [-0.3, -0.25) is 10.4 Å². The summed E-state index contributed by atoms with van der Waals surface area (Å²) in [6.45, 7) is 0. The number of nitrogens with zero attached hydrogens (tertiary/aromatic N) is 2. The summed E-state index contributed by atoms with van der Waals surface area (Å²) >= 11 is 5.15. The molecule has 0 spiro atoms. The number of aromatic nitrogens is 1. The summed E-state index contributed by atoms with van der Waals surface area (Å²) < 4.78 is 5.22. The van der Waals surface area contributed by atoms with Crippen molar-refractivity contribution >= 4 is 29.2 Å². The zero-order chi connectivity index (χ0) is 14.2. The number of hydrazone groups is 1. The van der Waals surface area contributed by atoms with Gasteiger partial charge in [0.05, 0.1) is 19.0 Å². The van der Waals surface area contributed by atoms with Gasteiger partial charge in [0.2, 0.25) is 0 Å². The van der Waals surface area contributed by atoms with Crippen LogP contribution in [-0.4, -0.2) is 23.4 Å². The van der Waals surface area contributed by atoms with Crippen LogP contribution in [0.3, 0.4) is 0 Å². The Bertz CT molecular complexity index is 601. The molecule has 0 atom stereocenters. The van der Waals surface area contributed by atoms with Crippen molar-refractivity contribution in [1.82, 2.24) is 10.4 Å². The molecule has 5 nitrogen and oxygen atoms in total. The molecule has 0 unspecified atom stereocenters. The molecule has 6 heteroatoms. The first-order chi connectivity index (χ1) is 9.79. The van der Waals surface area contributed by atoms with Crippen LogP contribution in [-0.2, 0) is 0 Å². The van der Waals surface area contributed by atoms with E-state index in [9.17, 15) is 0 Å². The van der Waals surface area contributed by atoms with E-state index >= 15 is 0 Å². The quantitative estimate of drug-likeness (QED) is 0.513. The van der Waals surface area contributed by atoms with Crippen LogP contribution < -0.4 is 15.5 Å². The number of pyridine rings is 1. The topological polar surface area (TPSA) is 58.5 Å². The fourth-order valence-corrected chi connectivity index (χ4v) is 1.68. The van der Waals surface area contributed by atoms with Gasteiger partial charge in [-0.25, -0.2) is 0 Å². The molecule has 0 saturated carbocycles. The number of methoxy groups -OCH3 is 1. The molecule has 0 radical (unpaired) electrons. The number of ether oxygens (including phenoxy) is 1. The molecule has 0 amide bonds. The van der Waals surface area contributed by atoms with E-state index in [0.717, 1.165) is 11.3 Å². The summed E-state index contributed by atoms with van der Waals surface area (Å²) in [6, 6.07) is 11.2. The lowest BCUT2D eigenvalue weighted by Gasteiger charge is -2.10. The van der Waals surface area contributed by atoms with Crippen molar-refractivity contribution in [3.63, 3.8) is 0 Å². The molecular weight excluding hydrogens is 272 g/mol. The molecule has 2 N–H and O–H groups in total. The summed E-state index contributed by atoms with van der Waals surface area (Å²) in [7, 11) is 1.61. The molecule has 2 aromatic rings. The maximum Gasteiger partial charge on any atom is 0.191 e. The average molecular weight is 286 g/mol. The number of rotatable bonds is 4. The summed E-state index contributed by atoms with van der Waals surface area (Å²) in [6.07, 6.45) is 5.06. The van der Waals surface area contributed by atoms with E-state index in [1.54, 1.807) is 25.7 Å². The minimum atomic E-state index is 0.384. The Morgan fingerprint density at radius 1 is 1.30 bits per heavy atom. The van der Waals surface area contributed by atoms with Crippen molar-refractivity contribution < 1.29 is 4.74 Å². The van der Waals surface area contributed by atoms with E-state index < -0.39 is 0 Å². The van der Waals surface area contributed by atoms with Crippen LogP contribution in [0.2, 0.25) is 0 Å². The van der Waals surface area contributed by atoms with Crippen LogP contribution >= 0.6 is 12.2 Å². The Balaban J connectivity index is 1.91. The van der Waals surface area contributed by atoms with E-state index in [1.165, 1.54) is 0 Å². The number of nitrogens with one attached hydrogen (secondary N) is 2. The highest BCUT2D eigenvalue weighted by molar-refractivity contribution is 7.80. The highest BCUT2D eigenvalue weighted by atomic mass is 32.1. The first kappa shape index (κ1) is 14.0. The lowest BCUT2D eigenvalue weighted by Crippen LogP contribution is -2.24. The summed E-state index contributed by atoms with van der Waals surface area (Å²) in [5.41, 5.74) is 4.41. The van der Waals surface area contributed by atoms with Gasteiger partial charge in [-0.1, -0.05) is 18.2 Å². The van der Waals surface area contributed by atoms with Gasteiger partial charge in [0.25, 0.3) is 0 Å². The second kappa shape index (κ2) is 7.20. The van der Waals surface area contributed by atoms with Crippen molar-refractivity contribution in [2.75, 3.05) is 12.4 Å². The summed E-state index contributed by atoms with van der Waals surface area (Å²) in [5.74, 6) is 0.716. The van der Waals surface area contributed by atoms with Gasteiger partial charge in [0.1, 0.15) is 5.75 Å². The largest absolute Gasteiger partial charge is 0.495 e. The maximum absolute atomic E-state index is 5.22. The molecule has 0 aliphatic carbocycles. The molecule has 1 aromatic carbocycles. The molecule has 102 valence electrons. The van der Waals surface area contributed by atoms with Crippen molar-refractivity contribution in [2.45, 2.75) is 0 Å². The number of hydrogen-bond donors (Lipinski definition) is 2. The summed E-state index contributed by atoms with van der Waals surface area (Å²) in [5, 5.41) is 7.43. The SMILES string of the molecule is COc1ccccc1NC(=S)NN=Cc1cccnc1. The molecule has 20 heavy (non-hydrogen) atoms. The Kier molecular flexibility index (Phi) is 5.02. The molecule has 0 saturated heterocycles. The predicted octanol–water partition coefficient (Wildman–Crippen LogP) is 2.41. The van der Waals surface area contributed by atoms with Crippen LogP contribution in [0, 0.1) is 0 Å². The zero-order valence-corrected chi connectivity index (χ0v) is 11.7. The number of hydrogen-bond acceptors (Lipinski definition) is 4. The van der Waals surface area contributed by atoms with Crippen molar-refractivity contribution in [3.8, 4) is 5.75 Å². The number of thiocarbonyl (C=S) groups is 1. The molecule has 1 aromatic heterocycles. The highest BCUT2D eigenvalue weighted by Crippen LogP contribution is 2.22. The third kappa shape index (κ3) is 4.03. The number of anilines is 1. The lowest BCUT2D eigenvalue weighted by atomic mass is 10.3. The van der Waals surface area contributed by atoms with Gasteiger partial charge in [-0.2, -0.15) is 5.10 Å². The van der Waals surface area contributed by atoms with Gasteiger partial charge in [0.15, 0.2) is 5.11 Å². The number of para-hydroxylation sites is 2. The van der Waals surface area contributed by atoms with E-state index in [4.69, 9.17) is 17.0 Å². The second-order valence-corrected chi connectivity index (χ2v) is 4.22. The molecular formula is C14H14N4OS. The fraction of sp³-hybridized carbons (Fsp3) is 0.0714. The summed E-state index contributed by atoms with van der Waals surface area (Å²) in [4.78, 5) is 3.99. The van der Waals surface area contributed by atoms with Gasteiger partial charge < -0.3 is 10.1 Å². The van der Waals surface area contributed by atoms with Crippen LogP contribution in [0.25, 0.3) is 0 Å². The Morgan fingerprint density at radius 2 is 2.15 bits per heavy atom. The van der Waals surface area contributed by atoms with Crippen molar-refractivity contribution in [2.24, 2.45) is 5.10 Å². The molecule has 0 fully saturated rings. The van der Waals surface area contributed by atoms with Crippen LogP contribution in [0.5, 0.6) is 5.75 Å². The number of benzene rings is 1. The van der Waals surface area contributed by atoms with Crippen LogP contribution in [0.4, 0.5) is 5.69 Å². The van der Waals surface area contributed by atoms with E-state index in [1.807, 2.05) is 36.4 Å². The smallest absolute Gasteiger partial charge is 0.191 e. The van der Waals surface area contributed by atoms with Crippen LogP contribution in [0.15, 0.2) is 53.9 Å². The molecule has 2 rings (SSSR count). The minimum Gasteiger partial charge on any atom is -0.495 e. The predicted molar refractivity (Wildman–Crippen MR) is 84.2 cm³/mol. The monoisotopic (exact) mass is 286 g/mol. The molecule has 1 heterocycles. The normalized spacial score (nSPS) is 10.2. The van der Waals surface area contributed by atoms with Gasteiger partial charge in [0, 0.05) is 18.0 Å². The van der Waals surface area contributed by atoms with E-state index in [2.05, 4.69) is 20.8 Å². The second-order valence-electron chi connectivity index (χ2n) is 3.81.